The zero-order valence-electron chi connectivity index (χ0n) is 12.9. The molecule has 0 atom stereocenters. The zero-order chi connectivity index (χ0) is 16.2. The quantitative estimate of drug-likeness (QED) is 0.669. The first-order valence-electron chi connectivity index (χ1n) is 7.40. The molecule has 0 radical (unpaired) electrons. The number of aromatic nitrogens is 5. The maximum absolute atomic E-state index is 14.3. The molecule has 0 saturated heterocycles. The van der Waals surface area contributed by atoms with Gasteiger partial charge in [0.1, 0.15) is 11.4 Å². The Kier molecular flexibility index (Phi) is 4.66. The van der Waals surface area contributed by atoms with E-state index >= 15 is 0 Å². The molecule has 2 heterocycles. The lowest BCUT2D eigenvalue weighted by Gasteiger charge is -2.08. The number of aryl methyl sites for hydroxylation is 1. The van der Waals surface area contributed by atoms with Crippen molar-refractivity contribution in [2.24, 2.45) is 0 Å². The number of hydrogen-bond acceptors (Lipinski definition) is 5. The van der Waals surface area contributed by atoms with Gasteiger partial charge in [-0.1, -0.05) is 37.3 Å². The molecule has 0 unspecified atom stereocenters. The zero-order valence-corrected chi connectivity index (χ0v) is 13.7. The van der Waals surface area contributed by atoms with Gasteiger partial charge in [0.25, 0.3) is 0 Å². The predicted molar refractivity (Wildman–Crippen MR) is 86.6 cm³/mol. The number of rotatable bonds is 5. The Balaban J connectivity index is 1.97. The minimum absolute atomic E-state index is 0.276. The number of halogens is 1. The number of hydrogen-bond donors (Lipinski definition) is 0. The maximum atomic E-state index is 14.3. The van der Waals surface area contributed by atoms with Crippen LogP contribution in [0.1, 0.15) is 19.5 Å². The van der Waals surface area contributed by atoms with E-state index in [1.165, 1.54) is 18.1 Å². The van der Waals surface area contributed by atoms with Crippen LogP contribution in [0.3, 0.4) is 0 Å². The molecule has 0 aliphatic carbocycles. The SMILES string of the molecule is CCc1ncnc(Sc2nnc(-c3ccccc3)n2CC)c1F. The Morgan fingerprint density at radius 3 is 2.57 bits per heavy atom. The van der Waals surface area contributed by atoms with Crippen molar-refractivity contribution in [2.45, 2.75) is 37.0 Å². The monoisotopic (exact) mass is 329 g/mol. The molecule has 0 bridgehead atoms. The van der Waals surface area contributed by atoms with Crippen molar-refractivity contribution in [3.05, 3.63) is 48.2 Å². The van der Waals surface area contributed by atoms with Crippen molar-refractivity contribution < 1.29 is 4.39 Å². The first-order chi connectivity index (χ1) is 11.2. The standard InChI is InChI=1S/C16H16FN5S/c1-3-12-13(17)15(19-10-18-12)23-16-21-20-14(22(16)4-2)11-8-6-5-7-9-11/h5-10H,3-4H2,1-2H3. The molecule has 118 valence electrons. The molecule has 0 fully saturated rings. The van der Waals surface area contributed by atoms with Crippen LogP contribution in [0.25, 0.3) is 11.4 Å². The highest BCUT2D eigenvalue weighted by atomic mass is 32.2. The second-order valence-corrected chi connectivity index (χ2v) is 5.77. The van der Waals surface area contributed by atoms with Crippen LogP contribution in [0.2, 0.25) is 0 Å². The summed E-state index contributed by atoms with van der Waals surface area (Å²) < 4.78 is 16.3. The maximum Gasteiger partial charge on any atom is 0.197 e. The molecule has 0 aliphatic rings. The van der Waals surface area contributed by atoms with E-state index in [0.717, 1.165) is 11.4 Å². The molecule has 1 aromatic carbocycles. The summed E-state index contributed by atoms with van der Waals surface area (Å²) in [5, 5.41) is 9.35. The number of benzene rings is 1. The highest BCUT2D eigenvalue weighted by Gasteiger charge is 2.17. The topological polar surface area (TPSA) is 56.5 Å². The summed E-state index contributed by atoms with van der Waals surface area (Å²) in [4.78, 5) is 7.99. The van der Waals surface area contributed by atoms with Gasteiger partial charge in [-0.3, -0.25) is 0 Å². The van der Waals surface area contributed by atoms with E-state index in [9.17, 15) is 4.39 Å². The molecule has 3 rings (SSSR count). The fourth-order valence-corrected chi connectivity index (χ4v) is 3.13. The second-order valence-electron chi connectivity index (χ2n) is 4.81. The molecule has 0 saturated carbocycles. The second kappa shape index (κ2) is 6.87. The molecular formula is C16H16FN5S. The molecule has 23 heavy (non-hydrogen) atoms. The van der Waals surface area contributed by atoms with Gasteiger partial charge in [-0.05, 0) is 25.1 Å². The Labute approximate surface area is 138 Å². The minimum atomic E-state index is -0.382. The molecule has 0 spiro atoms. The van der Waals surface area contributed by atoms with Crippen LogP contribution >= 0.6 is 11.8 Å². The fraction of sp³-hybridized carbons (Fsp3) is 0.250. The van der Waals surface area contributed by atoms with Gasteiger partial charge in [0.15, 0.2) is 16.8 Å². The molecule has 0 N–H and O–H groups in total. The Morgan fingerprint density at radius 1 is 1.09 bits per heavy atom. The normalized spacial score (nSPS) is 10.9. The molecule has 3 aromatic rings. The molecule has 0 aliphatic heterocycles. The predicted octanol–water partition coefficient (Wildman–Crippen LogP) is 3.61. The lowest BCUT2D eigenvalue weighted by Crippen LogP contribution is -2.02. The molecule has 0 amide bonds. The molecule has 2 aromatic heterocycles. The summed E-state index contributed by atoms with van der Waals surface area (Å²) in [6.07, 6.45) is 1.91. The van der Waals surface area contributed by atoms with E-state index in [-0.39, 0.29) is 10.8 Å². The third-order valence-electron chi connectivity index (χ3n) is 3.42. The van der Waals surface area contributed by atoms with Crippen molar-refractivity contribution in [2.75, 3.05) is 0 Å². The van der Waals surface area contributed by atoms with Gasteiger partial charge in [-0.15, -0.1) is 10.2 Å². The van der Waals surface area contributed by atoms with Crippen molar-refractivity contribution in [1.29, 1.82) is 0 Å². The van der Waals surface area contributed by atoms with E-state index in [0.29, 0.717) is 23.8 Å². The summed E-state index contributed by atoms with van der Waals surface area (Å²) in [6, 6.07) is 9.81. The summed E-state index contributed by atoms with van der Waals surface area (Å²) in [5.41, 5.74) is 1.39. The lowest BCUT2D eigenvalue weighted by atomic mass is 10.2. The molecular weight excluding hydrogens is 313 g/mol. The van der Waals surface area contributed by atoms with Gasteiger partial charge in [0.2, 0.25) is 0 Å². The largest absolute Gasteiger partial charge is 0.302 e. The van der Waals surface area contributed by atoms with Crippen LogP contribution in [0.5, 0.6) is 0 Å². The number of nitrogens with zero attached hydrogens (tertiary/aromatic N) is 5. The first kappa shape index (κ1) is 15.6. The third-order valence-corrected chi connectivity index (χ3v) is 4.38. The van der Waals surface area contributed by atoms with Crippen LogP contribution in [0.4, 0.5) is 4.39 Å². The van der Waals surface area contributed by atoms with Gasteiger partial charge < -0.3 is 4.57 Å². The van der Waals surface area contributed by atoms with Crippen LogP contribution in [-0.4, -0.2) is 24.7 Å². The summed E-state index contributed by atoms with van der Waals surface area (Å²) in [7, 11) is 0. The van der Waals surface area contributed by atoms with Crippen LogP contribution in [0.15, 0.2) is 46.8 Å². The van der Waals surface area contributed by atoms with Crippen molar-refractivity contribution in [3.63, 3.8) is 0 Å². The van der Waals surface area contributed by atoms with Crippen LogP contribution in [-0.2, 0) is 13.0 Å². The first-order valence-corrected chi connectivity index (χ1v) is 8.22. The average Bonchev–Trinajstić information content (AvgIpc) is 3.00. The lowest BCUT2D eigenvalue weighted by molar-refractivity contribution is 0.558. The highest BCUT2D eigenvalue weighted by Crippen LogP contribution is 2.30. The van der Waals surface area contributed by atoms with Crippen LogP contribution < -0.4 is 0 Å². The van der Waals surface area contributed by atoms with E-state index in [4.69, 9.17) is 0 Å². The summed E-state index contributed by atoms with van der Waals surface area (Å²) >= 11 is 1.17. The third kappa shape index (κ3) is 3.10. The molecule has 7 heteroatoms. The fourth-order valence-electron chi connectivity index (χ4n) is 2.24. The average molecular weight is 329 g/mol. The molecule has 5 nitrogen and oxygen atoms in total. The van der Waals surface area contributed by atoms with E-state index in [2.05, 4.69) is 20.2 Å². The minimum Gasteiger partial charge on any atom is -0.302 e. The Hall–Kier alpha value is -2.28. The van der Waals surface area contributed by atoms with Gasteiger partial charge in [-0.25, -0.2) is 14.4 Å². The van der Waals surface area contributed by atoms with Gasteiger partial charge in [-0.2, -0.15) is 0 Å². The smallest absolute Gasteiger partial charge is 0.197 e. The Bertz CT molecular complexity index is 803. The van der Waals surface area contributed by atoms with E-state index in [1.807, 2.05) is 48.7 Å². The van der Waals surface area contributed by atoms with Gasteiger partial charge in [0, 0.05) is 12.1 Å². The van der Waals surface area contributed by atoms with Crippen molar-refractivity contribution in [3.8, 4) is 11.4 Å². The van der Waals surface area contributed by atoms with Crippen molar-refractivity contribution in [1.82, 2.24) is 24.7 Å². The van der Waals surface area contributed by atoms with Crippen LogP contribution in [0, 0.1) is 5.82 Å². The van der Waals surface area contributed by atoms with Gasteiger partial charge >= 0.3 is 0 Å². The Morgan fingerprint density at radius 2 is 1.87 bits per heavy atom. The summed E-state index contributed by atoms with van der Waals surface area (Å²) in [6.45, 7) is 4.56. The van der Waals surface area contributed by atoms with Gasteiger partial charge in [0.05, 0.1) is 5.69 Å². The van der Waals surface area contributed by atoms with E-state index < -0.39 is 0 Å². The summed E-state index contributed by atoms with van der Waals surface area (Å²) in [5.74, 6) is 0.382. The highest BCUT2D eigenvalue weighted by molar-refractivity contribution is 7.99. The van der Waals surface area contributed by atoms with E-state index in [1.54, 1.807) is 0 Å². The van der Waals surface area contributed by atoms with Crippen molar-refractivity contribution >= 4 is 11.8 Å².